The highest BCUT2D eigenvalue weighted by molar-refractivity contribution is 6.30. The molecule has 0 radical (unpaired) electrons. The summed E-state index contributed by atoms with van der Waals surface area (Å²) in [7, 11) is 0. The molecule has 0 aliphatic rings. The molecule has 2 aromatic rings. The van der Waals surface area contributed by atoms with E-state index in [0.717, 1.165) is 23.0 Å². The van der Waals surface area contributed by atoms with E-state index in [2.05, 4.69) is 38.2 Å². The Morgan fingerprint density at radius 3 is 2.20 bits per heavy atom. The first kappa shape index (κ1) is 14.7. The second-order valence-electron chi connectivity index (χ2n) is 5.01. The van der Waals surface area contributed by atoms with Gasteiger partial charge >= 0.3 is 0 Å². The van der Waals surface area contributed by atoms with Crippen molar-refractivity contribution in [3.8, 4) is 5.75 Å². The minimum atomic E-state index is 0.632. The fraction of sp³-hybridized carbons (Fsp3) is 0.294. The molecule has 20 heavy (non-hydrogen) atoms. The van der Waals surface area contributed by atoms with Crippen LogP contribution in [0.5, 0.6) is 5.75 Å². The maximum absolute atomic E-state index is 5.88. The van der Waals surface area contributed by atoms with Crippen LogP contribution in [0.4, 0.5) is 5.69 Å². The number of aryl methyl sites for hydroxylation is 3. The van der Waals surface area contributed by atoms with Crippen molar-refractivity contribution >= 4 is 17.3 Å². The van der Waals surface area contributed by atoms with Crippen molar-refractivity contribution < 1.29 is 4.74 Å². The van der Waals surface area contributed by atoms with Gasteiger partial charge in [-0.25, -0.2) is 0 Å². The Hall–Kier alpha value is -1.67. The lowest BCUT2D eigenvalue weighted by molar-refractivity contribution is 0.328. The number of hydrogen-bond acceptors (Lipinski definition) is 2. The van der Waals surface area contributed by atoms with E-state index in [1.807, 2.05) is 24.3 Å². The van der Waals surface area contributed by atoms with Gasteiger partial charge in [-0.2, -0.15) is 0 Å². The number of benzene rings is 2. The van der Waals surface area contributed by atoms with Gasteiger partial charge in [0.05, 0.1) is 0 Å². The molecule has 0 amide bonds. The van der Waals surface area contributed by atoms with Crippen molar-refractivity contribution in [2.24, 2.45) is 0 Å². The molecule has 0 aliphatic heterocycles. The van der Waals surface area contributed by atoms with E-state index >= 15 is 0 Å². The molecule has 0 atom stereocenters. The number of rotatable bonds is 5. The summed E-state index contributed by atoms with van der Waals surface area (Å²) in [5, 5.41) is 4.06. The monoisotopic (exact) mass is 289 g/mol. The Kier molecular flexibility index (Phi) is 4.91. The standard InChI is InChI=1S/C17H20ClNO/c1-12-10-13(2)17(14(3)11-12)20-9-8-19-16-6-4-15(18)5-7-16/h4-7,10-11,19H,8-9H2,1-3H3. The van der Waals surface area contributed by atoms with E-state index < -0.39 is 0 Å². The SMILES string of the molecule is Cc1cc(C)c(OCCNc2ccc(Cl)cc2)c(C)c1. The fourth-order valence-electron chi connectivity index (χ4n) is 2.31. The van der Waals surface area contributed by atoms with Gasteiger partial charge in [0.15, 0.2) is 0 Å². The molecule has 3 heteroatoms. The number of ether oxygens (including phenoxy) is 1. The summed E-state index contributed by atoms with van der Waals surface area (Å²) < 4.78 is 5.88. The molecule has 106 valence electrons. The molecule has 2 rings (SSSR count). The van der Waals surface area contributed by atoms with Crippen molar-refractivity contribution in [1.82, 2.24) is 0 Å². The molecular weight excluding hydrogens is 270 g/mol. The minimum Gasteiger partial charge on any atom is -0.491 e. The highest BCUT2D eigenvalue weighted by Gasteiger charge is 2.04. The molecular formula is C17H20ClNO. The van der Waals surface area contributed by atoms with Crippen LogP contribution < -0.4 is 10.1 Å². The Morgan fingerprint density at radius 2 is 1.60 bits per heavy atom. The minimum absolute atomic E-state index is 0.632. The van der Waals surface area contributed by atoms with Crippen LogP contribution in [0.2, 0.25) is 5.02 Å². The number of hydrogen-bond donors (Lipinski definition) is 1. The van der Waals surface area contributed by atoms with Gasteiger partial charge in [-0.3, -0.25) is 0 Å². The maximum Gasteiger partial charge on any atom is 0.125 e. The third-order valence-electron chi connectivity index (χ3n) is 3.13. The predicted octanol–water partition coefficient (Wildman–Crippen LogP) is 4.76. The van der Waals surface area contributed by atoms with Gasteiger partial charge in [0.1, 0.15) is 12.4 Å². The third kappa shape index (κ3) is 3.91. The lowest BCUT2D eigenvalue weighted by Gasteiger charge is -2.14. The summed E-state index contributed by atoms with van der Waals surface area (Å²) in [5.74, 6) is 0.994. The fourth-order valence-corrected chi connectivity index (χ4v) is 2.44. The van der Waals surface area contributed by atoms with Crippen LogP contribution in [0.25, 0.3) is 0 Å². The first-order valence-corrected chi connectivity index (χ1v) is 7.14. The molecule has 0 aromatic heterocycles. The van der Waals surface area contributed by atoms with E-state index in [9.17, 15) is 0 Å². The Morgan fingerprint density at radius 1 is 1.00 bits per heavy atom. The smallest absolute Gasteiger partial charge is 0.125 e. The zero-order valence-corrected chi connectivity index (χ0v) is 12.9. The van der Waals surface area contributed by atoms with Crippen molar-refractivity contribution in [2.75, 3.05) is 18.5 Å². The second kappa shape index (κ2) is 6.67. The van der Waals surface area contributed by atoms with Crippen LogP contribution in [0, 0.1) is 20.8 Å². The van der Waals surface area contributed by atoms with Gasteiger partial charge in [0, 0.05) is 17.3 Å². The molecule has 2 aromatic carbocycles. The van der Waals surface area contributed by atoms with Crippen molar-refractivity contribution in [2.45, 2.75) is 20.8 Å². The van der Waals surface area contributed by atoms with E-state index in [0.29, 0.717) is 6.61 Å². The van der Waals surface area contributed by atoms with Gasteiger partial charge in [-0.15, -0.1) is 0 Å². The maximum atomic E-state index is 5.88. The summed E-state index contributed by atoms with van der Waals surface area (Å²) in [6.07, 6.45) is 0. The molecule has 0 unspecified atom stereocenters. The quantitative estimate of drug-likeness (QED) is 0.802. The molecule has 0 heterocycles. The summed E-state index contributed by atoms with van der Waals surface area (Å²) in [4.78, 5) is 0. The molecule has 0 fully saturated rings. The van der Waals surface area contributed by atoms with Crippen molar-refractivity contribution in [1.29, 1.82) is 0 Å². The van der Waals surface area contributed by atoms with Gasteiger partial charge in [-0.1, -0.05) is 29.3 Å². The number of halogens is 1. The molecule has 0 bridgehead atoms. The topological polar surface area (TPSA) is 21.3 Å². The lowest BCUT2D eigenvalue weighted by Crippen LogP contribution is -2.12. The van der Waals surface area contributed by atoms with Crippen LogP contribution in [-0.2, 0) is 0 Å². The third-order valence-corrected chi connectivity index (χ3v) is 3.38. The van der Waals surface area contributed by atoms with E-state index in [4.69, 9.17) is 16.3 Å². The summed E-state index contributed by atoms with van der Waals surface area (Å²) in [6.45, 7) is 7.66. The normalized spacial score (nSPS) is 10.4. The van der Waals surface area contributed by atoms with Crippen LogP contribution in [-0.4, -0.2) is 13.2 Å². The van der Waals surface area contributed by atoms with Crippen LogP contribution >= 0.6 is 11.6 Å². The van der Waals surface area contributed by atoms with Crippen LogP contribution in [0.15, 0.2) is 36.4 Å². The summed E-state index contributed by atoms with van der Waals surface area (Å²) >= 11 is 5.85. The predicted molar refractivity (Wildman–Crippen MR) is 86.1 cm³/mol. The van der Waals surface area contributed by atoms with Gasteiger partial charge in [0.2, 0.25) is 0 Å². The summed E-state index contributed by atoms with van der Waals surface area (Å²) in [6, 6.07) is 12.0. The second-order valence-corrected chi connectivity index (χ2v) is 5.45. The number of nitrogens with one attached hydrogen (secondary N) is 1. The van der Waals surface area contributed by atoms with Crippen LogP contribution in [0.3, 0.4) is 0 Å². The van der Waals surface area contributed by atoms with Gasteiger partial charge in [0.25, 0.3) is 0 Å². The Labute approximate surface area is 125 Å². The zero-order chi connectivity index (χ0) is 14.5. The molecule has 0 saturated heterocycles. The number of anilines is 1. The first-order chi connectivity index (χ1) is 9.56. The molecule has 0 saturated carbocycles. The zero-order valence-electron chi connectivity index (χ0n) is 12.2. The van der Waals surface area contributed by atoms with Gasteiger partial charge in [-0.05, 0) is 56.2 Å². The first-order valence-electron chi connectivity index (χ1n) is 6.76. The van der Waals surface area contributed by atoms with E-state index in [1.54, 1.807) is 0 Å². The molecule has 0 aliphatic carbocycles. The van der Waals surface area contributed by atoms with E-state index in [1.165, 1.54) is 16.7 Å². The van der Waals surface area contributed by atoms with Crippen LogP contribution in [0.1, 0.15) is 16.7 Å². The molecule has 1 N–H and O–H groups in total. The lowest BCUT2D eigenvalue weighted by atomic mass is 10.1. The average molecular weight is 290 g/mol. The Bertz CT molecular complexity index is 555. The highest BCUT2D eigenvalue weighted by atomic mass is 35.5. The van der Waals surface area contributed by atoms with Crippen molar-refractivity contribution in [3.05, 3.63) is 58.1 Å². The van der Waals surface area contributed by atoms with Crippen molar-refractivity contribution in [3.63, 3.8) is 0 Å². The summed E-state index contributed by atoms with van der Waals surface area (Å²) in [5.41, 5.74) is 4.70. The largest absolute Gasteiger partial charge is 0.491 e. The van der Waals surface area contributed by atoms with Gasteiger partial charge < -0.3 is 10.1 Å². The average Bonchev–Trinajstić information content (AvgIpc) is 2.39. The molecule has 2 nitrogen and oxygen atoms in total. The Balaban J connectivity index is 1.86. The molecule has 0 spiro atoms. The van der Waals surface area contributed by atoms with E-state index in [-0.39, 0.29) is 0 Å². The highest BCUT2D eigenvalue weighted by Crippen LogP contribution is 2.24.